The van der Waals surface area contributed by atoms with Crippen molar-refractivity contribution in [2.75, 3.05) is 0 Å². The molecule has 136 valence electrons. The highest BCUT2D eigenvalue weighted by atomic mass is 32.2. The van der Waals surface area contributed by atoms with Gasteiger partial charge in [-0.1, -0.05) is 42.1 Å². The standard InChI is InChI=1S/C23H21NO2S/c1-13-14(2)21-22(26-21)15(3)23-20(13)24-18-10-9-17(11-19(18)27-23)25-12-16-7-5-4-6-8-16/h4-11,21-22H,12H2,1-3H3. The molecule has 1 aliphatic carbocycles. The van der Waals surface area contributed by atoms with Gasteiger partial charge in [0.15, 0.2) is 0 Å². The first-order valence-corrected chi connectivity index (χ1v) is 10.0. The number of aliphatic imine (C=N–C) groups is 1. The molecule has 0 N–H and O–H groups in total. The van der Waals surface area contributed by atoms with Crippen molar-refractivity contribution >= 4 is 23.2 Å². The molecule has 2 unspecified atom stereocenters. The maximum atomic E-state index is 6.00. The van der Waals surface area contributed by atoms with Gasteiger partial charge in [-0.05, 0) is 61.3 Å². The molecule has 0 aromatic heterocycles. The van der Waals surface area contributed by atoms with Gasteiger partial charge in [-0.25, -0.2) is 4.99 Å². The Bertz CT molecular complexity index is 1020. The van der Waals surface area contributed by atoms with Crippen molar-refractivity contribution in [1.82, 2.24) is 0 Å². The number of hydrogen-bond donors (Lipinski definition) is 0. The van der Waals surface area contributed by atoms with Crippen LogP contribution in [-0.4, -0.2) is 17.9 Å². The van der Waals surface area contributed by atoms with Crippen molar-refractivity contribution in [3.63, 3.8) is 0 Å². The average molecular weight is 375 g/mol. The summed E-state index contributed by atoms with van der Waals surface area (Å²) in [6.45, 7) is 7.07. The summed E-state index contributed by atoms with van der Waals surface area (Å²) >= 11 is 1.79. The Morgan fingerprint density at radius 3 is 2.59 bits per heavy atom. The lowest BCUT2D eigenvalue weighted by atomic mass is 10.0. The van der Waals surface area contributed by atoms with Crippen LogP contribution in [0.2, 0.25) is 0 Å². The molecule has 5 rings (SSSR count). The highest BCUT2D eigenvalue weighted by molar-refractivity contribution is 8.04. The van der Waals surface area contributed by atoms with Gasteiger partial charge in [0.1, 0.15) is 24.6 Å². The lowest BCUT2D eigenvalue weighted by molar-refractivity contribution is 0.305. The minimum Gasteiger partial charge on any atom is -0.489 e. The fourth-order valence-corrected chi connectivity index (χ4v) is 4.84. The zero-order chi connectivity index (χ0) is 18.5. The van der Waals surface area contributed by atoms with Crippen molar-refractivity contribution in [3.05, 3.63) is 75.7 Å². The smallest absolute Gasteiger partial charge is 0.121 e. The van der Waals surface area contributed by atoms with Crippen LogP contribution >= 0.6 is 11.8 Å². The van der Waals surface area contributed by atoms with Crippen LogP contribution in [0, 0.1) is 0 Å². The van der Waals surface area contributed by atoms with Crippen LogP contribution in [0.15, 0.2) is 80.0 Å². The number of ether oxygens (including phenoxy) is 2. The Balaban J connectivity index is 1.47. The number of rotatable bonds is 3. The molecule has 1 fully saturated rings. The maximum absolute atomic E-state index is 6.00. The Kier molecular flexibility index (Phi) is 3.99. The van der Waals surface area contributed by atoms with Gasteiger partial charge in [-0.2, -0.15) is 0 Å². The van der Waals surface area contributed by atoms with Gasteiger partial charge in [0.2, 0.25) is 0 Å². The Morgan fingerprint density at radius 2 is 1.78 bits per heavy atom. The largest absolute Gasteiger partial charge is 0.489 e. The minimum absolute atomic E-state index is 0.217. The molecule has 0 bridgehead atoms. The van der Waals surface area contributed by atoms with E-state index in [2.05, 4.69) is 45.0 Å². The van der Waals surface area contributed by atoms with E-state index in [0.717, 1.165) is 22.0 Å². The second-order valence-electron chi connectivity index (χ2n) is 7.26. The van der Waals surface area contributed by atoms with E-state index in [4.69, 9.17) is 14.5 Å². The van der Waals surface area contributed by atoms with Crippen LogP contribution in [-0.2, 0) is 11.3 Å². The van der Waals surface area contributed by atoms with Gasteiger partial charge < -0.3 is 9.47 Å². The lowest BCUT2D eigenvalue weighted by Gasteiger charge is -2.21. The van der Waals surface area contributed by atoms with E-state index in [0.29, 0.717) is 6.61 Å². The first kappa shape index (κ1) is 16.8. The molecule has 2 heterocycles. The summed E-state index contributed by atoms with van der Waals surface area (Å²) in [5.41, 5.74) is 7.13. The van der Waals surface area contributed by atoms with Crippen LogP contribution in [0.25, 0.3) is 0 Å². The molecule has 2 atom stereocenters. The first-order valence-electron chi connectivity index (χ1n) is 9.23. The highest BCUT2D eigenvalue weighted by Gasteiger charge is 2.46. The molecular formula is C23H21NO2S. The molecule has 0 amide bonds. The van der Waals surface area contributed by atoms with E-state index in [1.54, 1.807) is 11.8 Å². The zero-order valence-corrected chi connectivity index (χ0v) is 16.5. The molecule has 0 spiro atoms. The number of epoxide rings is 1. The van der Waals surface area contributed by atoms with Gasteiger partial charge in [0.25, 0.3) is 0 Å². The van der Waals surface area contributed by atoms with Gasteiger partial charge in [0.05, 0.1) is 11.4 Å². The summed E-state index contributed by atoms with van der Waals surface area (Å²) in [6, 6.07) is 16.4. The monoisotopic (exact) mass is 375 g/mol. The zero-order valence-electron chi connectivity index (χ0n) is 15.7. The number of allylic oxidation sites excluding steroid dienone is 2. The van der Waals surface area contributed by atoms with Crippen molar-refractivity contribution < 1.29 is 9.47 Å². The summed E-state index contributed by atoms with van der Waals surface area (Å²) in [7, 11) is 0. The van der Waals surface area contributed by atoms with Gasteiger partial charge >= 0.3 is 0 Å². The van der Waals surface area contributed by atoms with E-state index < -0.39 is 0 Å². The van der Waals surface area contributed by atoms with E-state index in [1.807, 2.05) is 24.3 Å². The van der Waals surface area contributed by atoms with Gasteiger partial charge in [-0.3, -0.25) is 0 Å². The summed E-state index contributed by atoms with van der Waals surface area (Å²) in [4.78, 5) is 7.37. The minimum atomic E-state index is 0.217. The molecule has 4 heteroatoms. The molecule has 0 saturated carbocycles. The maximum Gasteiger partial charge on any atom is 0.121 e. The van der Waals surface area contributed by atoms with E-state index in [1.165, 1.54) is 27.2 Å². The quantitative estimate of drug-likeness (QED) is 0.633. The van der Waals surface area contributed by atoms with Gasteiger partial charge in [0, 0.05) is 9.80 Å². The molecule has 2 aromatic carbocycles. The van der Waals surface area contributed by atoms with Crippen molar-refractivity contribution in [3.8, 4) is 5.75 Å². The highest BCUT2D eigenvalue weighted by Crippen LogP contribution is 2.50. The number of benzene rings is 2. The van der Waals surface area contributed by atoms with Crippen LogP contribution in [0.4, 0.5) is 5.69 Å². The third-order valence-electron chi connectivity index (χ3n) is 5.49. The summed E-state index contributed by atoms with van der Waals surface area (Å²) in [6.07, 6.45) is 0.452. The second-order valence-corrected chi connectivity index (χ2v) is 8.32. The fourth-order valence-electron chi connectivity index (χ4n) is 3.65. The third kappa shape index (κ3) is 2.93. The Morgan fingerprint density at radius 1 is 1.00 bits per heavy atom. The molecule has 0 radical (unpaired) electrons. The lowest BCUT2D eigenvalue weighted by Crippen LogP contribution is -2.09. The number of nitrogens with zero attached hydrogens (tertiary/aromatic N) is 1. The molecule has 27 heavy (non-hydrogen) atoms. The van der Waals surface area contributed by atoms with E-state index in [9.17, 15) is 0 Å². The van der Waals surface area contributed by atoms with Crippen LogP contribution in [0.3, 0.4) is 0 Å². The Hall–Kier alpha value is -2.30. The SMILES string of the molecule is CC1=C(C)C2OC2C(C)=C2Sc3cc(OCc4ccccc4)ccc3N=C12. The Labute approximate surface area is 163 Å². The van der Waals surface area contributed by atoms with Gasteiger partial charge in [-0.15, -0.1) is 0 Å². The summed E-state index contributed by atoms with van der Waals surface area (Å²) < 4.78 is 11.9. The molecule has 3 aliphatic rings. The molecular weight excluding hydrogens is 354 g/mol. The number of fused-ring (bicyclic) bond motifs is 3. The van der Waals surface area contributed by atoms with Crippen molar-refractivity contribution in [2.45, 2.75) is 44.5 Å². The van der Waals surface area contributed by atoms with Crippen molar-refractivity contribution in [1.29, 1.82) is 0 Å². The summed E-state index contributed by atoms with van der Waals surface area (Å²) in [5, 5.41) is 0. The predicted octanol–water partition coefficient (Wildman–Crippen LogP) is 5.84. The summed E-state index contributed by atoms with van der Waals surface area (Å²) in [5.74, 6) is 0.875. The molecule has 3 nitrogen and oxygen atoms in total. The third-order valence-corrected chi connectivity index (χ3v) is 6.76. The molecule has 2 aliphatic heterocycles. The first-order chi connectivity index (χ1) is 13.1. The molecule has 2 aromatic rings. The average Bonchev–Trinajstić information content (AvgIpc) is 3.51. The van der Waals surface area contributed by atoms with Crippen LogP contribution < -0.4 is 4.74 Å². The second kappa shape index (κ2) is 6.39. The number of hydrogen-bond acceptors (Lipinski definition) is 4. The predicted molar refractivity (Wildman–Crippen MR) is 110 cm³/mol. The van der Waals surface area contributed by atoms with Crippen LogP contribution in [0.5, 0.6) is 5.75 Å². The topological polar surface area (TPSA) is 34.1 Å². The van der Waals surface area contributed by atoms with E-state index >= 15 is 0 Å². The van der Waals surface area contributed by atoms with E-state index in [-0.39, 0.29) is 12.2 Å². The fraction of sp³-hybridized carbons (Fsp3) is 0.261. The molecule has 1 saturated heterocycles. The van der Waals surface area contributed by atoms with Crippen molar-refractivity contribution in [2.24, 2.45) is 4.99 Å². The normalized spacial score (nSPS) is 23.1. The van der Waals surface area contributed by atoms with Crippen LogP contribution in [0.1, 0.15) is 26.3 Å². The number of thioether (sulfide) groups is 1.